The summed E-state index contributed by atoms with van der Waals surface area (Å²) in [5, 5.41) is 13.1. The average Bonchev–Trinajstić information content (AvgIpc) is 2.53. The van der Waals surface area contributed by atoms with Crippen LogP contribution in [0.4, 0.5) is 4.79 Å². The first kappa shape index (κ1) is 18.7. The van der Waals surface area contributed by atoms with E-state index >= 15 is 0 Å². The van der Waals surface area contributed by atoms with E-state index in [1.165, 1.54) is 5.56 Å². The third kappa shape index (κ3) is 5.19. The summed E-state index contributed by atoms with van der Waals surface area (Å²) < 4.78 is 0. The highest BCUT2D eigenvalue weighted by molar-refractivity contribution is 5.74. The van der Waals surface area contributed by atoms with Gasteiger partial charge in [0.2, 0.25) is 0 Å². The van der Waals surface area contributed by atoms with E-state index in [1.54, 1.807) is 4.90 Å². The maximum atomic E-state index is 12.3. The Bertz CT molecular complexity index is 530. The molecule has 0 bridgehead atoms. The first-order chi connectivity index (χ1) is 11.4. The second kappa shape index (κ2) is 8.46. The number of nitrogens with one attached hydrogen (secondary N) is 1. The number of β-amino-alcohol motifs (C(OH)–C–C–N with tert-alkyl or cyclic N) is 1. The minimum absolute atomic E-state index is 0.108. The summed E-state index contributed by atoms with van der Waals surface area (Å²) in [4.78, 5) is 18.1. The molecule has 2 amide bonds. The van der Waals surface area contributed by atoms with Crippen molar-refractivity contribution >= 4 is 6.03 Å². The van der Waals surface area contributed by atoms with E-state index in [9.17, 15) is 9.90 Å². The number of rotatable bonds is 5. The zero-order valence-corrected chi connectivity index (χ0v) is 15.2. The van der Waals surface area contributed by atoms with Crippen LogP contribution in [0, 0.1) is 0 Å². The smallest absolute Gasteiger partial charge is 0.317 e. The van der Waals surface area contributed by atoms with Gasteiger partial charge in [-0.2, -0.15) is 0 Å². The molecule has 0 aliphatic carbocycles. The van der Waals surface area contributed by atoms with Crippen molar-refractivity contribution in [3.8, 4) is 0 Å². The Kier molecular flexibility index (Phi) is 6.60. The molecule has 6 nitrogen and oxygen atoms in total. The van der Waals surface area contributed by atoms with Crippen molar-refractivity contribution in [3.63, 3.8) is 0 Å². The van der Waals surface area contributed by atoms with Crippen LogP contribution in [0.15, 0.2) is 24.3 Å². The first-order valence-corrected chi connectivity index (χ1v) is 8.46. The molecule has 0 unspecified atom stereocenters. The van der Waals surface area contributed by atoms with Gasteiger partial charge in [0, 0.05) is 32.2 Å². The van der Waals surface area contributed by atoms with E-state index in [-0.39, 0.29) is 12.1 Å². The zero-order valence-electron chi connectivity index (χ0n) is 15.2. The number of benzene rings is 1. The molecule has 1 aromatic rings. The van der Waals surface area contributed by atoms with Gasteiger partial charge in [0.25, 0.3) is 0 Å². The van der Waals surface area contributed by atoms with E-state index in [0.29, 0.717) is 19.6 Å². The number of aliphatic hydroxyl groups is 1. The lowest BCUT2D eigenvalue weighted by atomic mass is 10.0. The fourth-order valence-electron chi connectivity index (χ4n) is 3.12. The maximum absolute atomic E-state index is 12.3. The Balaban J connectivity index is 1.81. The number of hydrogen-bond donors (Lipinski definition) is 2. The minimum Gasteiger partial charge on any atom is -0.390 e. The van der Waals surface area contributed by atoms with Crippen LogP contribution in [0.5, 0.6) is 0 Å². The Morgan fingerprint density at radius 3 is 2.38 bits per heavy atom. The van der Waals surface area contributed by atoms with Crippen molar-refractivity contribution in [1.29, 1.82) is 0 Å². The third-order valence-corrected chi connectivity index (χ3v) is 4.46. The van der Waals surface area contributed by atoms with Crippen LogP contribution >= 0.6 is 0 Å². The summed E-state index contributed by atoms with van der Waals surface area (Å²) >= 11 is 0. The first-order valence-electron chi connectivity index (χ1n) is 8.46. The highest BCUT2D eigenvalue weighted by atomic mass is 16.3. The summed E-state index contributed by atoms with van der Waals surface area (Å²) in [6.07, 6.45) is 0.297. The topological polar surface area (TPSA) is 59.1 Å². The average molecular weight is 334 g/mol. The predicted molar refractivity (Wildman–Crippen MR) is 95.7 cm³/mol. The summed E-state index contributed by atoms with van der Waals surface area (Å²) in [6.45, 7) is 2.47. The largest absolute Gasteiger partial charge is 0.390 e. The van der Waals surface area contributed by atoms with E-state index < -0.39 is 6.10 Å². The summed E-state index contributed by atoms with van der Waals surface area (Å²) in [5.74, 6) is 0. The number of piperidine rings is 1. The van der Waals surface area contributed by atoms with E-state index in [1.807, 2.05) is 45.2 Å². The van der Waals surface area contributed by atoms with Gasteiger partial charge in [-0.15, -0.1) is 0 Å². The number of likely N-dealkylation sites (tertiary alicyclic amines) is 1. The molecule has 0 spiro atoms. The number of likely N-dealkylation sites (N-methyl/N-ethyl adjacent to an activating group) is 1. The Morgan fingerprint density at radius 1 is 1.21 bits per heavy atom. The van der Waals surface area contributed by atoms with Crippen LogP contribution in [0.25, 0.3) is 0 Å². The number of aliphatic hydroxyl groups excluding tert-OH is 1. The Labute approximate surface area is 145 Å². The molecule has 1 fully saturated rings. The number of amides is 2. The number of carbonyl (C=O) groups excluding carboxylic acids is 1. The maximum Gasteiger partial charge on any atom is 0.317 e. The Morgan fingerprint density at radius 2 is 1.83 bits per heavy atom. The van der Waals surface area contributed by atoms with Crippen LogP contribution in [0.1, 0.15) is 17.5 Å². The molecule has 2 atom stereocenters. The predicted octanol–water partition coefficient (Wildman–Crippen LogP) is 0.955. The summed E-state index contributed by atoms with van der Waals surface area (Å²) in [5.41, 5.74) is 2.33. The molecule has 1 aliphatic heterocycles. The molecular weight excluding hydrogens is 304 g/mol. The van der Waals surface area contributed by atoms with Crippen molar-refractivity contribution in [3.05, 3.63) is 35.4 Å². The van der Waals surface area contributed by atoms with Crippen molar-refractivity contribution in [2.24, 2.45) is 0 Å². The van der Waals surface area contributed by atoms with Crippen LogP contribution in [-0.4, -0.2) is 79.3 Å². The quantitative estimate of drug-likeness (QED) is 0.842. The number of hydrogen-bond acceptors (Lipinski definition) is 4. The molecule has 6 heteroatoms. The van der Waals surface area contributed by atoms with Gasteiger partial charge >= 0.3 is 6.03 Å². The van der Waals surface area contributed by atoms with Gasteiger partial charge in [-0.1, -0.05) is 24.3 Å². The van der Waals surface area contributed by atoms with Crippen LogP contribution < -0.4 is 5.32 Å². The number of carbonyl (C=O) groups is 1. The second-order valence-electron chi connectivity index (χ2n) is 7.05. The molecule has 0 aromatic heterocycles. The highest BCUT2D eigenvalue weighted by Gasteiger charge is 2.31. The SMILES string of the molecule is CN(C)Cc1ccc(CNC(=O)N2CC[C@H](N(C)C)[C@@H](O)C2)cc1. The fraction of sp³-hybridized carbons (Fsp3) is 0.611. The summed E-state index contributed by atoms with van der Waals surface area (Å²) in [6, 6.07) is 8.29. The lowest BCUT2D eigenvalue weighted by Gasteiger charge is -2.38. The van der Waals surface area contributed by atoms with Crippen molar-refractivity contribution in [2.75, 3.05) is 41.3 Å². The van der Waals surface area contributed by atoms with Crippen molar-refractivity contribution in [2.45, 2.75) is 31.7 Å². The molecule has 0 radical (unpaired) electrons. The van der Waals surface area contributed by atoms with Gasteiger partial charge in [-0.05, 0) is 45.7 Å². The molecule has 1 aromatic carbocycles. The molecule has 1 saturated heterocycles. The molecule has 2 N–H and O–H groups in total. The van der Waals surface area contributed by atoms with Crippen LogP contribution in [0.2, 0.25) is 0 Å². The molecule has 1 aliphatic rings. The molecule has 134 valence electrons. The molecule has 0 saturated carbocycles. The van der Waals surface area contributed by atoms with Gasteiger partial charge in [0.15, 0.2) is 0 Å². The van der Waals surface area contributed by atoms with Crippen molar-refractivity contribution < 1.29 is 9.90 Å². The van der Waals surface area contributed by atoms with Crippen LogP contribution in [-0.2, 0) is 13.1 Å². The van der Waals surface area contributed by atoms with Crippen molar-refractivity contribution in [1.82, 2.24) is 20.0 Å². The molecule has 24 heavy (non-hydrogen) atoms. The fourth-order valence-corrected chi connectivity index (χ4v) is 3.12. The second-order valence-corrected chi connectivity index (χ2v) is 7.05. The van der Waals surface area contributed by atoms with E-state index in [2.05, 4.69) is 22.3 Å². The summed E-state index contributed by atoms with van der Waals surface area (Å²) in [7, 11) is 8.01. The number of urea groups is 1. The van der Waals surface area contributed by atoms with E-state index in [0.717, 1.165) is 18.5 Å². The van der Waals surface area contributed by atoms with Gasteiger partial charge in [-0.25, -0.2) is 4.79 Å². The van der Waals surface area contributed by atoms with Gasteiger partial charge in [-0.3, -0.25) is 0 Å². The third-order valence-electron chi connectivity index (χ3n) is 4.46. The van der Waals surface area contributed by atoms with Gasteiger partial charge in [0.05, 0.1) is 6.10 Å². The number of nitrogens with zero attached hydrogens (tertiary/aromatic N) is 3. The van der Waals surface area contributed by atoms with E-state index in [4.69, 9.17) is 0 Å². The zero-order chi connectivity index (χ0) is 17.7. The van der Waals surface area contributed by atoms with Gasteiger partial charge in [0.1, 0.15) is 0 Å². The Hall–Kier alpha value is -1.63. The normalized spacial score (nSPS) is 21.4. The molecule has 1 heterocycles. The van der Waals surface area contributed by atoms with Gasteiger partial charge < -0.3 is 25.1 Å². The highest BCUT2D eigenvalue weighted by Crippen LogP contribution is 2.15. The molecular formula is C18H30N4O2. The standard InChI is InChI=1S/C18H30N4O2/c1-20(2)12-15-7-5-14(6-8-15)11-19-18(24)22-10-9-16(21(3)4)17(23)13-22/h5-8,16-17,23H,9-13H2,1-4H3,(H,19,24)/t16-,17-/m0/s1. The molecule has 2 rings (SSSR count). The monoisotopic (exact) mass is 334 g/mol. The lowest BCUT2D eigenvalue weighted by molar-refractivity contribution is 0.0167. The minimum atomic E-state index is -0.496. The lowest BCUT2D eigenvalue weighted by Crippen LogP contribution is -2.55. The van der Waals surface area contributed by atoms with Crippen LogP contribution in [0.3, 0.4) is 0 Å².